The number of ether oxygens (including phenoxy) is 2. The SMILES string of the molecule is COc1cc(/C(C)=N/NC(=O)C(=O)Nc2cccc(Cl)c2C)ccc1OC(=O)c1ccc([N+](=O)[O-])cc1. The zero-order chi connectivity index (χ0) is 27.1. The Morgan fingerprint density at radius 1 is 0.973 bits per heavy atom. The number of esters is 1. The van der Waals surface area contributed by atoms with Crippen LogP contribution in [0.1, 0.15) is 28.4 Å². The van der Waals surface area contributed by atoms with E-state index in [-0.39, 0.29) is 22.7 Å². The average Bonchev–Trinajstić information content (AvgIpc) is 2.89. The van der Waals surface area contributed by atoms with Crippen LogP contribution in [0.15, 0.2) is 65.8 Å². The van der Waals surface area contributed by atoms with E-state index in [1.165, 1.54) is 43.5 Å². The van der Waals surface area contributed by atoms with Gasteiger partial charge < -0.3 is 14.8 Å². The zero-order valence-corrected chi connectivity index (χ0v) is 20.7. The van der Waals surface area contributed by atoms with Crippen molar-refractivity contribution in [3.8, 4) is 11.5 Å². The predicted molar refractivity (Wildman–Crippen MR) is 136 cm³/mol. The van der Waals surface area contributed by atoms with Crippen LogP contribution in [0.2, 0.25) is 5.02 Å². The van der Waals surface area contributed by atoms with Gasteiger partial charge in [0.1, 0.15) is 0 Å². The summed E-state index contributed by atoms with van der Waals surface area (Å²) in [5.74, 6) is -2.35. The molecule has 0 aliphatic carbocycles. The fourth-order valence-electron chi connectivity index (χ4n) is 3.03. The van der Waals surface area contributed by atoms with Crippen LogP contribution in [-0.2, 0) is 9.59 Å². The highest BCUT2D eigenvalue weighted by Gasteiger charge is 2.17. The van der Waals surface area contributed by atoms with Crippen molar-refractivity contribution in [3.05, 3.63) is 92.5 Å². The summed E-state index contributed by atoms with van der Waals surface area (Å²) in [6, 6.07) is 14.4. The minimum Gasteiger partial charge on any atom is -0.493 e. The van der Waals surface area contributed by atoms with Crippen LogP contribution in [0.25, 0.3) is 0 Å². The number of benzene rings is 3. The highest BCUT2D eigenvalue weighted by atomic mass is 35.5. The molecule has 0 atom stereocenters. The molecule has 0 unspecified atom stereocenters. The van der Waals surface area contributed by atoms with Gasteiger partial charge in [0, 0.05) is 28.4 Å². The third-order valence-corrected chi connectivity index (χ3v) is 5.55. The Morgan fingerprint density at radius 2 is 1.65 bits per heavy atom. The highest BCUT2D eigenvalue weighted by molar-refractivity contribution is 6.40. The van der Waals surface area contributed by atoms with E-state index < -0.39 is 22.7 Å². The number of nitrogens with zero attached hydrogens (tertiary/aromatic N) is 2. The number of non-ortho nitro benzene ring substituents is 1. The quantitative estimate of drug-likeness (QED) is 0.117. The van der Waals surface area contributed by atoms with E-state index in [0.717, 1.165) is 0 Å². The fraction of sp³-hybridized carbons (Fsp3) is 0.120. The number of methoxy groups -OCH3 is 1. The molecule has 0 saturated carbocycles. The summed E-state index contributed by atoms with van der Waals surface area (Å²) in [7, 11) is 1.37. The van der Waals surface area contributed by atoms with E-state index in [0.29, 0.717) is 27.5 Å². The maximum atomic E-state index is 12.4. The van der Waals surface area contributed by atoms with Crippen LogP contribution >= 0.6 is 11.6 Å². The summed E-state index contributed by atoms with van der Waals surface area (Å²) < 4.78 is 10.6. The Balaban J connectivity index is 1.67. The maximum Gasteiger partial charge on any atom is 0.343 e. The summed E-state index contributed by atoms with van der Waals surface area (Å²) >= 11 is 6.02. The Morgan fingerprint density at radius 3 is 2.30 bits per heavy atom. The number of nitro benzene ring substituents is 1. The molecule has 0 radical (unpaired) electrons. The van der Waals surface area contributed by atoms with Crippen LogP contribution in [0.5, 0.6) is 11.5 Å². The second-order valence-electron chi connectivity index (χ2n) is 7.56. The number of halogens is 1. The van der Waals surface area contributed by atoms with Gasteiger partial charge in [-0.3, -0.25) is 19.7 Å². The zero-order valence-electron chi connectivity index (χ0n) is 19.9. The summed E-state index contributed by atoms with van der Waals surface area (Å²) in [5.41, 5.74) is 4.01. The summed E-state index contributed by atoms with van der Waals surface area (Å²) in [4.78, 5) is 47.0. The van der Waals surface area contributed by atoms with Gasteiger partial charge >= 0.3 is 17.8 Å². The van der Waals surface area contributed by atoms with Crippen LogP contribution in [0.3, 0.4) is 0 Å². The number of amides is 2. The third kappa shape index (κ3) is 6.67. The molecule has 0 heterocycles. The molecule has 3 aromatic rings. The van der Waals surface area contributed by atoms with Gasteiger partial charge in [-0.15, -0.1) is 0 Å². The van der Waals surface area contributed by atoms with E-state index >= 15 is 0 Å². The molecule has 3 rings (SSSR count). The molecular weight excluding hydrogens is 504 g/mol. The monoisotopic (exact) mass is 524 g/mol. The summed E-state index contributed by atoms with van der Waals surface area (Å²) in [6.07, 6.45) is 0. The topological polar surface area (TPSA) is 149 Å². The minimum atomic E-state index is -0.987. The molecule has 11 nitrogen and oxygen atoms in total. The van der Waals surface area contributed by atoms with Crippen molar-refractivity contribution in [1.29, 1.82) is 0 Å². The van der Waals surface area contributed by atoms with Crippen molar-refractivity contribution in [2.75, 3.05) is 12.4 Å². The predicted octanol–water partition coefficient (Wildman–Crippen LogP) is 4.26. The van der Waals surface area contributed by atoms with E-state index in [1.54, 1.807) is 38.1 Å². The van der Waals surface area contributed by atoms with Gasteiger partial charge in [0.2, 0.25) is 0 Å². The van der Waals surface area contributed by atoms with Crippen LogP contribution in [-0.4, -0.2) is 35.5 Å². The van der Waals surface area contributed by atoms with Gasteiger partial charge in [0.25, 0.3) is 5.69 Å². The van der Waals surface area contributed by atoms with E-state index in [9.17, 15) is 24.5 Å². The second kappa shape index (κ2) is 11.8. The lowest BCUT2D eigenvalue weighted by molar-refractivity contribution is -0.384. The number of rotatable bonds is 7. The molecule has 2 N–H and O–H groups in total. The highest BCUT2D eigenvalue weighted by Crippen LogP contribution is 2.29. The van der Waals surface area contributed by atoms with Crippen molar-refractivity contribution in [1.82, 2.24) is 5.43 Å². The van der Waals surface area contributed by atoms with Gasteiger partial charge in [-0.2, -0.15) is 5.10 Å². The van der Waals surface area contributed by atoms with Crippen molar-refractivity contribution in [2.24, 2.45) is 5.10 Å². The van der Waals surface area contributed by atoms with Gasteiger partial charge in [0.05, 0.1) is 23.3 Å². The lowest BCUT2D eigenvalue weighted by Crippen LogP contribution is -2.33. The molecule has 37 heavy (non-hydrogen) atoms. The van der Waals surface area contributed by atoms with Crippen LogP contribution < -0.4 is 20.2 Å². The van der Waals surface area contributed by atoms with Crippen molar-refractivity contribution < 1.29 is 28.8 Å². The molecule has 0 aromatic heterocycles. The van der Waals surface area contributed by atoms with Gasteiger partial charge in [-0.05, 0) is 61.9 Å². The van der Waals surface area contributed by atoms with Gasteiger partial charge in [-0.1, -0.05) is 17.7 Å². The third-order valence-electron chi connectivity index (χ3n) is 5.15. The smallest absolute Gasteiger partial charge is 0.343 e. The maximum absolute atomic E-state index is 12.4. The van der Waals surface area contributed by atoms with Crippen molar-refractivity contribution in [3.63, 3.8) is 0 Å². The van der Waals surface area contributed by atoms with E-state index in [4.69, 9.17) is 21.1 Å². The average molecular weight is 525 g/mol. The first-order chi connectivity index (χ1) is 17.6. The molecule has 2 amide bonds. The Hall–Kier alpha value is -4.77. The standard InChI is InChI=1S/C25H21ClN4O7/c1-14-19(26)5-4-6-20(14)27-23(31)24(32)29-28-15(2)17-9-12-21(22(13-17)36-3)37-25(33)16-7-10-18(11-8-16)30(34)35/h4-13H,1-3H3,(H,27,31)(H,29,32)/b28-15+. The number of nitro groups is 1. The van der Waals surface area contributed by atoms with E-state index in [2.05, 4.69) is 15.8 Å². The number of hydrogen-bond acceptors (Lipinski definition) is 8. The van der Waals surface area contributed by atoms with Gasteiger partial charge in [-0.25, -0.2) is 10.2 Å². The first kappa shape index (κ1) is 26.8. The number of carbonyl (C=O) groups excluding carboxylic acids is 3. The van der Waals surface area contributed by atoms with Gasteiger partial charge in [0.15, 0.2) is 11.5 Å². The molecule has 12 heteroatoms. The lowest BCUT2D eigenvalue weighted by atomic mass is 10.1. The largest absolute Gasteiger partial charge is 0.493 e. The lowest BCUT2D eigenvalue weighted by Gasteiger charge is -2.11. The molecule has 0 saturated heterocycles. The first-order valence-corrected chi connectivity index (χ1v) is 11.0. The fourth-order valence-corrected chi connectivity index (χ4v) is 3.20. The Bertz CT molecular complexity index is 1400. The number of carbonyl (C=O) groups is 3. The molecule has 3 aromatic carbocycles. The van der Waals surface area contributed by atoms with Crippen LogP contribution in [0.4, 0.5) is 11.4 Å². The van der Waals surface area contributed by atoms with Crippen molar-refractivity contribution in [2.45, 2.75) is 13.8 Å². The Labute approximate surface area is 216 Å². The molecule has 190 valence electrons. The molecule has 0 aliphatic rings. The molecule has 0 fully saturated rings. The number of nitrogens with one attached hydrogen (secondary N) is 2. The normalized spacial score (nSPS) is 10.9. The summed E-state index contributed by atoms with van der Waals surface area (Å²) in [6.45, 7) is 3.30. The number of hydrazone groups is 1. The number of anilines is 1. The van der Waals surface area contributed by atoms with Crippen LogP contribution in [0, 0.1) is 17.0 Å². The second-order valence-corrected chi connectivity index (χ2v) is 7.97. The minimum absolute atomic E-state index is 0.0997. The molecule has 0 aliphatic heterocycles. The number of hydrogen-bond donors (Lipinski definition) is 2. The molecule has 0 bridgehead atoms. The summed E-state index contributed by atoms with van der Waals surface area (Å²) in [5, 5.41) is 17.6. The van der Waals surface area contributed by atoms with E-state index in [1.807, 2.05) is 0 Å². The molecular formula is C25H21ClN4O7. The molecule has 0 spiro atoms. The van der Waals surface area contributed by atoms with Crippen molar-refractivity contribution >= 4 is 46.5 Å². The first-order valence-electron chi connectivity index (χ1n) is 10.7. The Kier molecular flexibility index (Phi) is 8.54.